The quantitative estimate of drug-likeness (QED) is 0.761. The van der Waals surface area contributed by atoms with E-state index in [2.05, 4.69) is 5.32 Å². The molecule has 26 heavy (non-hydrogen) atoms. The van der Waals surface area contributed by atoms with Gasteiger partial charge in [0.15, 0.2) is 6.61 Å². The molecule has 4 bridgehead atoms. The predicted octanol–water partition coefficient (Wildman–Crippen LogP) is 4.16. The summed E-state index contributed by atoms with van der Waals surface area (Å²) in [5, 5.41) is 4.05. The van der Waals surface area contributed by atoms with Crippen molar-refractivity contribution in [3.63, 3.8) is 0 Å². The van der Waals surface area contributed by atoms with Crippen LogP contribution in [0, 0.1) is 17.8 Å². The zero-order chi connectivity index (χ0) is 18.3. The second kappa shape index (κ2) is 7.05. The molecule has 5 rings (SSSR count). The molecule has 1 N–H and O–H groups in total. The van der Waals surface area contributed by atoms with Crippen molar-refractivity contribution < 1.29 is 14.3 Å². The van der Waals surface area contributed by atoms with Gasteiger partial charge in [-0.1, -0.05) is 29.3 Å². The highest BCUT2D eigenvalue weighted by atomic mass is 35.5. The molecule has 0 aliphatic heterocycles. The molecule has 4 saturated carbocycles. The third-order valence-corrected chi connectivity index (χ3v) is 6.90. The molecule has 1 aromatic rings. The van der Waals surface area contributed by atoms with Crippen LogP contribution in [0.15, 0.2) is 18.2 Å². The molecule has 0 aromatic heterocycles. The first-order valence-corrected chi connectivity index (χ1v) is 10.1. The van der Waals surface area contributed by atoms with Crippen LogP contribution in [-0.4, -0.2) is 24.0 Å². The van der Waals surface area contributed by atoms with Crippen LogP contribution in [-0.2, 0) is 20.7 Å². The number of carbonyl (C=O) groups excluding carboxylic acids is 2. The normalized spacial score (nSPS) is 31.7. The highest BCUT2D eigenvalue weighted by molar-refractivity contribution is 6.36. The van der Waals surface area contributed by atoms with Gasteiger partial charge >= 0.3 is 5.97 Å². The molecule has 1 amide bonds. The van der Waals surface area contributed by atoms with Gasteiger partial charge in [-0.25, -0.2) is 0 Å². The maximum atomic E-state index is 12.4. The van der Waals surface area contributed by atoms with Gasteiger partial charge in [0.25, 0.3) is 5.91 Å². The van der Waals surface area contributed by atoms with Gasteiger partial charge in [0.05, 0.1) is 6.42 Å². The van der Waals surface area contributed by atoms with E-state index in [0.717, 1.165) is 37.0 Å². The molecule has 4 fully saturated rings. The fourth-order valence-electron chi connectivity index (χ4n) is 5.64. The highest BCUT2D eigenvalue weighted by Crippen LogP contribution is 2.55. The number of hydrogen-bond donors (Lipinski definition) is 1. The summed E-state index contributed by atoms with van der Waals surface area (Å²) in [5.41, 5.74) is 0.465. The smallest absolute Gasteiger partial charge is 0.310 e. The Morgan fingerprint density at radius 3 is 2.12 bits per heavy atom. The third-order valence-electron chi connectivity index (χ3n) is 6.19. The first kappa shape index (κ1) is 18.1. The van der Waals surface area contributed by atoms with Crippen LogP contribution in [0.1, 0.15) is 44.1 Å². The summed E-state index contributed by atoms with van der Waals surface area (Å²) in [4.78, 5) is 24.4. The largest absolute Gasteiger partial charge is 0.455 e. The molecular weight excluding hydrogens is 373 g/mol. The molecule has 0 unspecified atom stereocenters. The molecule has 140 valence electrons. The lowest BCUT2D eigenvalue weighted by atomic mass is 9.53. The number of amides is 1. The van der Waals surface area contributed by atoms with Crippen LogP contribution in [0.3, 0.4) is 0 Å². The van der Waals surface area contributed by atoms with Crippen molar-refractivity contribution in [2.45, 2.75) is 50.5 Å². The number of esters is 1. The number of hydrogen-bond acceptors (Lipinski definition) is 3. The van der Waals surface area contributed by atoms with Crippen molar-refractivity contribution in [1.29, 1.82) is 0 Å². The summed E-state index contributed by atoms with van der Waals surface area (Å²) < 4.78 is 5.16. The average molecular weight is 396 g/mol. The van der Waals surface area contributed by atoms with Gasteiger partial charge < -0.3 is 10.1 Å². The monoisotopic (exact) mass is 395 g/mol. The third kappa shape index (κ3) is 3.72. The van der Waals surface area contributed by atoms with E-state index in [1.54, 1.807) is 18.2 Å². The van der Waals surface area contributed by atoms with Gasteiger partial charge in [-0.05, 0) is 68.4 Å². The topological polar surface area (TPSA) is 55.4 Å². The number of halogens is 2. The molecule has 0 atom stereocenters. The van der Waals surface area contributed by atoms with Gasteiger partial charge in [0.2, 0.25) is 0 Å². The van der Waals surface area contributed by atoms with Crippen molar-refractivity contribution in [2.24, 2.45) is 17.8 Å². The summed E-state index contributed by atoms with van der Waals surface area (Å²) >= 11 is 12.1. The summed E-state index contributed by atoms with van der Waals surface area (Å²) in [5.74, 6) is 1.57. The SMILES string of the molecule is O=C(COC(=O)Cc1c(Cl)cccc1Cl)NC12CC3CC(CC(C3)C1)C2. The van der Waals surface area contributed by atoms with E-state index in [1.165, 1.54) is 19.3 Å². The Hall–Kier alpha value is -1.26. The number of nitrogens with one attached hydrogen (secondary N) is 1. The second-order valence-corrected chi connectivity index (χ2v) is 9.10. The lowest BCUT2D eigenvalue weighted by Crippen LogP contribution is -2.60. The Morgan fingerprint density at radius 1 is 1.04 bits per heavy atom. The molecule has 6 heteroatoms. The summed E-state index contributed by atoms with van der Waals surface area (Å²) in [6.45, 7) is -0.247. The van der Waals surface area contributed by atoms with Crippen molar-refractivity contribution in [2.75, 3.05) is 6.61 Å². The summed E-state index contributed by atoms with van der Waals surface area (Å²) in [6.07, 6.45) is 7.16. The highest BCUT2D eigenvalue weighted by Gasteiger charge is 2.51. The van der Waals surface area contributed by atoms with E-state index in [4.69, 9.17) is 27.9 Å². The number of benzene rings is 1. The van der Waals surface area contributed by atoms with E-state index in [1.807, 2.05) is 0 Å². The van der Waals surface area contributed by atoms with Gasteiger partial charge in [0, 0.05) is 21.1 Å². The first-order chi connectivity index (χ1) is 12.4. The van der Waals surface area contributed by atoms with Crippen molar-refractivity contribution in [1.82, 2.24) is 5.32 Å². The predicted molar refractivity (Wildman–Crippen MR) is 100 cm³/mol. The number of rotatable bonds is 5. The minimum Gasteiger partial charge on any atom is -0.455 e. The van der Waals surface area contributed by atoms with Gasteiger partial charge in [0.1, 0.15) is 0 Å². The van der Waals surface area contributed by atoms with Crippen LogP contribution in [0.4, 0.5) is 0 Å². The molecule has 4 aliphatic carbocycles. The Labute approximate surface area is 163 Å². The molecule has 0 heterocycles. The lowest BCUT2D eigenvalue weighted by Gasteiger charge is -2.56. The fourth-order valence-corrected chi connectivity index (χ4v) is 6.17. The number of carbonyl (C=O) groups is 2. The number of ether oxygens (including phenoxy) is 1. The van der Waals surface area contributed by atoms with Gasteiger partial charge in [-0.15, -0.1) is 0 Å². The Bertz CT molecular complexity index is 678. The maximum Gasteiger partial charge on any atom is 0.310 e. The Kier molecular flexibility index (Phi) is 4.91. The first-order valence-electron chi connectivity index (χ1n) is 9.32. The molecule has 0 saturated heterocycles. The van der Waals surface area contributed by atoms with Gasteiger partial charge in [-0.2, -0.15) is 0 Å². The van der Waals surface area contributed by atoms with Crippen LogP contribution in [0.25, 0.3) is 0 Å². The maximum absolute atomic E-state index is 12.4. The van der Waals surface area contributed by atoms with E-state index in [9.17, 15) is 9.59 Å². The lowest BCUT2D eigenvalue weighted by molar-refractivity contribution is -0.149. The van der Waals surface area contributed by atoms with E-state index < -0.39 is 5.97 Å². The fraction of sp³-hybridized carbons (Fsp3) is 0.600. The van der Waals surface area contributed by atoms with Crippen LogP contribution in [0.5, 0.6) is 0 Å². The van der Waals surface area contributed by atoms with Crippen molar-refractivity contribution >= 4 is 35.1 Å². The minimum atomic E-state index is -0.499. The molecular formula is C20H23Cl2NO3. The van der Waals surface area contributed by atoms with E-state index in [-0.39, 0.29) is 24.5 Å². The second-order valence-electron chi connectivity index (χ2n) is 8.28. The molecule has 0 radical (unpaired) electrons. The van der Waals surface area contributed by atoms with E-state index in [0.29, 0.717) is 15.6 Å². The minimum absolute atomic E-state index is 0.0385. The standard InChI is InChI=1S/C20H23Cl2NO3/c21-16-2-1-3-17(22)15(16)7-19(25)26-11-18(24)23-20-8-12-4-13(9-20)6-14(5-12)10-20/h1-3,12-14H,4-11H2,(H,23,24). The zero-order valence-corrected chi connectivity index (χ0v) is 16.1. The molecule has 4 nitrogen and oxygen atoms in total. The Morgan fingerprint density at radius 2 is 1.58 bits per heavy atom. The zero-order valence-electron chi connectivity index (χ0n) is 14.6. The summed E-state index contributed by atoms with van der Waals surface area (Å²) in [6, 6.07) is 5.07. The van der Waals surface area contributed by atoms with E-state index >= 15 is 0 Å². The molecule has 0 spiro atoms. The van der Waals surface area contributed by atoms with Crippen molar-refractivity contribution in [3.05, 3.63) is 33.8 Å². The van der Waals surface area contributed by atoms with Crippen LogP contribution >= 0.6 is 23.2 Å². The van der Waals surface area contributed by atoms with Crippen LogP contribution < -0.4 is 5.32 Å². The Balaban J connectivity index is 1.30. The van der Waals surface area contributed by atoms with Gasteiger partial charge in [-0.3, -0.25) is 9.59 Å². The average Bonchev–Trinajstić information content (AvgIpc) is 2.55. The van der Waals surface area contributed by atoms with Crippen molar-refractivity contribution in [3.8, 4) is 0 Å². The van der Waals surface area contributed by atoms with Crippen LogP contribution in [0.2, 0.25) is 10.0 Å². The molecule has 4 aliphatic rings. The summed E-state index contributed by atoms with van der Waals surface area (Å²) in [7, 11) is 0. The molecule has 1 aromatic carbocycles.